The lowest BCUT2D eigenvalue weighted by Crippen LogP contribution is -2.34. The van der Waals surface area contributed by atoms with Gasteiger partial charge in [-0.3, -0.25) is 0 Å². The Labute approximate surface area is 115 Å². The lowest BCUT2D eigenvalue weighted by molar-refractivity contribution is 0.419. The van der Waals surface area contributed by atoms with Crippen LogP contribution in [0.25, 0.3) is 0 Å². The van der Waals surface area contributed by atoms with Crippen LogP contribution in [0.1, 0.15) is 33.1 Å². The Hall–Kier alpha value is -1.14. The predicted molar refractivity (Wildman–Crippen MR) is 75.6 cm³/mol. The molecule has 1 aromatic rings. The molecule has 1 heterocycles. The minimum Gasteiger partial charge on any atom is -0.383 e. The van der Waals surface area contributed by atoms with Crippen molar-refractivity contribution in [2.75, 3.05) is 18.4 Å². The summed E-state index contributed by atoms with van der Waals surface area (Å²) in [5.74, 6) is 0. The van der Waals surface area contributed by atoms with Gasteiger partial charge in [-0.2, -0.15) is 4.31 Å². The van der Waals surface area contributed by atoms with Gasteiger partial charge in [0, 0.05) is 25.3 Å². The van der Waals surface area contributed by atoms with Crippen molar-refractivity contribution in [1.29, 1.82) is 0 Å². The number of hydrogen-bond donors (Lipinski definition) is 1. The molecule has 6 heteroatoms. The number of pyridine rings is 1. The molecule has 1 aromatic heterocycles. The van der Waals surface area contributed by atoms with Gasteiger partial charge in [0.2, 0.25) is 0 Å². The third kappa shape index (κ3) is 3.06. The monoisotopic (exact) mass is 283 g/mol. The molecule has 106 valence electrons. The minimum atomic E-state index is -3.49. The van der Waals surface area contributed by atoms with Gasteiger partial charge >= 0.3 is 0 Å². The largest absolute Gasteiger partial charge is 0.383 e. The van der Waals surface area contributed by atoms with Gasteiger partial charge in [0.1, 0.15) is 0 Å². The highest BCUT2D eigenvalue weighted by molar-refractivity contribution is 7.89. The van der Waals surface area contributed by atoms with E-state index in [1.54, 1.807) is 16.4 Å². The molecule has 2 rings (SSSR count). The van der Waals surface area contributed by atoms with Crippen molar-refractivity contribution in [3.63, 3.8) is 0 Å². The van der Waals surface area contributed by atoms with Crippen molar-refractivity contribution < 1.29 is 8.42 Å². The number of nitrogens with one attached hydrogen (secondary N) is 1. The molecule has 1 aliphatic rings. The van der Waals surface area contributed by atoms with Gasteiger partial charge in [0.05, 0.1) is 5.69 Å². The summed E-state index contributed by atoms with van der Waals surface area (Å²) in [6.45, 7) is 5.15. The quantitative estimate of drug-likeness (QED) is 0.832. The molecule has 0 radical (unpaired) electrons. The van der Waals surface area contributed by atoms with Crippen LogP contribution in [0.15, 0.2) is 23.4 Å². The first kappa shape index (κ1) is 14.3. The maximum atomic E-state index is 12.7. The zero-order chi connectivity index (χ0) is 13.9. The van der Waals surface area contributed by atoms with E-state index in [0.29, 0.717) is 12.2 Å². The molecule has 5 nitrogen and oxygen atoms in total. The Bertz CT molecular complexity index is 526. The Morgan fingerprint density at radius 2 is 2.16 bits per heavy atom. The molecular weight excluding hydrogens is 262 g/mol. The fourth-order valence-electron chi connectivity index (χ4n) is 2.09. The zero-order valence-electron chi connectivity index (χ0n) is 11.5. The first-order valence-corrected chi connectivity index (χ1v) is 8.26. The Kier molecular flexibility index (Phi) is 4.42. The smallest absolute Gasteiger partial charge is 0.262 e. The second-order valence-corrected chi connectivity index (χ2v) is 6.53. The summed E-state index contributed by atoms with van der Waals surface area (Å²) in [5, 5.41) is 3.29. The summed E-state index contributed by atoms with van der Waals surface area (Å²) in [6.07, 6.45) is 4.38. The van der Waals surface area contributed by atoms with Crippen LogP contribution in [0.5, 0.6) is 0 Å². The molecule has 19 heavy (non-hydrogen) atoms. The molecular formula is C13H21N3O2S. The lowest BCUT2D eigenvalue weighted by Gasteiger charge is -2.21. The van der Waals surface area contributed by atoms with Crippen LogP contribution in [0.2, 0.25) is 0 Å². The lowest BCUT2D eigenvalue weighted by atomic mass is 10.4. The molecule has 1 fully saturated rings. The molecule has 0 spiro atoms. The van der Waals surface area contributed by atoms with E-state index in [1.165, 1.54) is 6.20 Å². The van der Waals surface area contributed by atoms with Crippen LogP contribution in [-0.4, -0.2) is 36.8 Å². The Morgan fingerprint density at radius 1 is 1.42 bits per heavy atom. The third-order valence-electron chi connectivity index (χ3n) is 3.16. The van der Waals surface area contributed by atoms with Crippen LogP contribution in [-0.2, 0) is 10.0 Å². The van der Waals surface area contributed by atoms with Gasteiger partial charge in [-0.1, -0.05) is 13.8 Å². The van der Waals surface area contributed by atoms with E-state index < -0.39 is 10.0 Å². The van der Waals surface area contributed by atoms with E-state index in [2.05, 4.69) is 10.3 Å². The molecule has 1 saturated carbocycles. The van der Waals surface area contributed by atoms with Gasteiger partial charge in [0.15, 0.2) is 5.03 Å². The number of hydrogen-bond acceptors (Lipinski definition) is 4. The van der Waals surface area contributed by atoms with E-state index in [0.717, 1.165) is 25.8 Å². The zero-order valence-corrected chi connectivity index (χ0v) is 12.3. The highest BCUT2D eigenvalue weighted by Gasteiger charge is 2.38. The first-order chi connectivity index (χ1) is 9.11. The van der Waals surface area contributed by atoms with E-state index >= 15 is 0 Å². The second kappa shape index (κ2) is 5.88. The highest BCUT2D eigenvalue weighted by Crippen LogP contribution is 2.33. The number of nitrogens with zero attached hydrogens (tertiary/aromatic N) is 2. The van der Waals surface area contributed by atoms with E-state index in [1.807, 2.05) is 13.8 Å². The third-order valence-corrected chi connectivity index (χ3v) is 5.14. The average molecular weight is 283 g/mol. The number of anilines is 1. The summed E-state index contributed by atoms with van der Waals surface area (Å²) in [7, 11) is -3.49. The maximum absolute atomic E-state index is 12.7. The Balaban J connectivity index is 2.33. The van der Waals surface area contributed by atoms with Crippen LogP contribution in [0.4, 0.5) is 5.69 Å². The van der Waals surface area contributed by atoms with E-state index in [4.69, 9.17) is 0 Å². The van der Waals surface area contributed by atoms with Gasteiger partial charge in [-0.05, 0) is 31.4 Å². The van der Waals surface area contributed by atoms with Crippen molar-refractivity contribution in [3.05, 3.63) is 18.3 Å². The van der Waals surface area contributed by atoms with Crippen LogP contribution in [0.3, 0.4) is 0 Å². The number of sulfonamides is 1. The summed E-state index contributed by atoms with van der Waals surface area (Å²) >= 11 is 0. The van der Waals surface area contributed by atoms with E-state index in [-0.39, 0.29) is 11.1 Å². The normalized spacial score (nSPS) is 15.7. The average Bonchev–Trinajstić information content (AvgIpc) is 3.21. The molecule has 0 aromatic carbocycles. The molecule has 0 aliphatic heterocycles. The molecule has 1 N–H and O–H groups in total. The van der Waals surface area contributed by atoms with Crippen molar-refractivity contribution in [2.45, 2.75) is 44.2 Å². The molecule has 0 amide bonds. The van der Waals surface area contributed by atoms with Crippen molar-refractivity contribution in [2.24, 2.45) is 0 Å². The minimum absolute atomic E-state index is 0.150. The maximum Gasteiger partial charge on any atom is 0.262 e. The molecule has 1 aliphatic carbocycles. The van der Waals surface area contributed by atoms with E-state index in [9.17, 15) is 8.42 Å². The van der Waals surface area contributed by atoms with Crippen LogP contribution in [0, 0.1) is 0 Å². The molecule has 0 atom stereocenters. The van der Waals surface area contributed by atoms with Gasteiger partial charge < -0.3 is 5.32 Å². The number of aromatic nitrogens is 1. The fraction of sp³-hybridized carbons (Fsp3) is 0.615. The SMILES string of the molecule is CCCNc1cccnc1S(=O)(=O)N(CC)C1CC1. The summed E-state index contributed by atoms with van der Waals surface area (Å²) < 4.78 is 26.9. The fourth-order valence-corrected chi connectivity index (χ4v) is 3.87. The molecule has 0 saturated heterocycles. The highest BCUT2D eigenvalue weighted by atomic mass is 32.2. The van der Waals surface area contributed by atoms with Crippen LogP contribution < -0.4 is 5.32 Å². The van der Waals surface area contributed by atoms with Gasteiger partial charge in [0.25, 0.3) is 10.0 Å². The summed E-state index contributed by atoms with van der Waals surface area (Å²) in [6, 6.07) is 3.69. The number of rotatable bonds is 7. The first-order valence-electron chi connectivity index (χ1n) is 6.82. The van der Waals surface area contributed by atoms with Gasteiger partial charge in [-0.15, -0.1) is 0 Å². The topological polar surface area (TPSA) is 62.3 Å². The molecule has 0 bridgehead atoms. The van der Waals surface area contributed by atoms with Crippen molar-refractivity contribution >= 4 is 15.7 Å². The summed E-state index contributed by atoms with van der Waals surface area (Å²) in [5.41, 5.74) is 0.600. The standard InChI is InChI=1S/C13H21N3O2S/c1-3-9-14-12-6-5-10-15-13(12)19(17,18)16(4-2)11-7-8-11/h5-6,10-11,14H,3-4,7-9H2,1-2H3. The Morgan fingerprint density at radius 3 is 2.74 bits per heavy atom. The molecule has 0 unspecified atom stereocenters. The second-order valence-electron chi connectivity index (χ2n) is 4.72. The van der Waals surface area contributed by atoms with Crippen molar-refractivity contribution in [1.82, 2.24) is 9.29 Å². The van der Waals surface area contributed by atoms with Crippen molar-refractivity contribution in [3.8, 4) is 0 Å². The summed E-state index contributed by atoms with van der Waals surface area (Å²) in [4.78, 5) is 4.09. The van der Waals surface area contributed by atoms with Crippen LogP contribution >= 0.6 is 0 Å². The predicted octanol–water partition coefficient (Wildman–Crippen LogP) is 2.08. The van der Waals surface area contributed by atoms with Gasteiger partial charge in [-0.25, -0.2) is 13.4 Å².